The Bertz CT molecular complexity index is 165. The van der Waals surface area contributed by atoms with Crippen molar-refractivity contribution in [2.75, 3.05) is 32.9 Å². The van der Waals surface area contributed by atoms with Crippen LogP contribution in [0.1, 0.15) is 46.5 Å². The van der Waals surface area contributed by atoms with E-state index in [0.717, 1.165) is 6.54 Å². The third kappa shape index (κ3) is 13.9. The van der Waals surface area contributed by atoms with E-state index in [2.05, 4.69) is 12.2 Å². The number of ether oxygens (including phenoxy) is 2. The van der Waals surface area contributed by atoms with E-state index in [-0.39, 0.29) is 6.10 Å². The van der Waals surface area contributed by atoms with Gasteiger partial charge in [-0.1, -0.05) is 26.2 Å². The Kier molecular flexibility index (Phi) is 13.2. The van der Waals surface area contributed by atoms with Crippen LogP contribution in [-0.4, -0.2) is 50.2 Å². The van der Waals surface area contributed by atoms with E-state index in [1.54, 1.807) is 0 Å². The minimum absolute atomic E-state index is 0.239. The monoisotopic (exact) mass is 261 g/mol. The van der Waals surface area contributed by atoms with Crippen molar-refractivity contribution >= 4 is 0 Å². The number of hydrogen-bond acceptors (Lipinski definition) is 4. The largest absolute Gasteiger partial charge is 0.389 e. The second-order valence-corrected chi connectivity index (χ2v) is 4.91. The SMILES string of the molecule is CCCCCCNC[C@@H](O)COCCOC(C)C. The van der Waals surface area contributed by atoms with Crippen molar-refractivity contribution in [3.63, 3.8) is 0 Å². The Morgan fingerprint density at radius 3 is 2.56 bits per heavy atom. The minimum Gasteiger partial charge on any atom is -0.389 e. The molecule has 0 bridgehead atoms. The molecule has 1 atom stereocenters. The van der Waals surface area contributed by atoms with E-state index in [1.165, 1.54) is 25.7 Å². The van der Waals surface area contributed by atoms with Gasteiger partial charge in [0.05, 0.1) is 32.0 Å². The van der Waals surface area contributed by atoms with Gasteiger partial charge < -0.3 is 19.9 Å². The maximum absolute atomic E-state index is 9.63. The lowest BCUT2D eigenvalue weighted by Crippen LogP contribution is -2.31. The first-order valence-electron chi connectivity index (χ1n) is 7.25. The third-order valence-electron chi connectivity index (χ3n) is 2.58. The van der Waals surface area contributed by atoms with Gasteiger partial charge in [-0.25, -0.2) is 0 Å². The molecule has 0 radical (unpaired) electrons. The van der Waals surface area contributed by atoms with Gasteiger partial charge in [-0.2, -0.15) is 0 Å². The lowest BCUT2D eigenvalue weighted by Gasteiger charge is -2.13. The van der Waals surface area contributed by atoms with Crippen LogP contribution in [0, 0.1) is 0 Å². The van der Waals surface area contributed by atoms with Gasteiger partial charge in [-0.05, 0) is 26.8 Å². The van der Waals surface area contributed by atoms with E-state index in [9.17, 15) is 5.11 Å². The molecule has 0 aliphatic heterocycles. The number of aliphatic hydroxyl groups is 1. The summed E-state index contributed by atoms with van der Waals surface area (Å²) in [7, 11) is 0. The zero-order valence-corrected chi connectivity index (χ0v) is 12.3. The normalized spacial score (nSPS) is 13.2. The van der Waals surface area contributed by atoms with E-state index < -0.39 is 6.10 Å². The summed E-state index contributed by atoms with van der Waals surface area (Å²) in [4.78, 5) is 0. The van der Waals surface area contributed by atoms with E-state index >= 15 is 0 Å². The zero-order valence-electron chi connectivity index (χ0n) is 12.3. The smallest absolute Gasteiger partial charge is 0.0897 e. The van der Waals surface area contributed by atoms with Crippen LogP contribution in [-0.2, 0) is 9.47 Å². The molecular formula is C14H31NO3. The summed E-state index contributed by atoms with van der Waals surface area (Å²) >= 11 is 0. The average Bonchev–Trinajstić information content (AvgIpc) is 2.33. The quantitative estimate of drug-likeness (QED) is 0.498. The van der Waals surface area contributed by atoms with Crippen LogP contribution in [0.25, 0.3) is 0 Å². The Balaban J connectivity index is 3.15. The molecule has 4 heteroatoms. The summed E-state index contributed by atoms with van der Waals surface area (Å²) in [5, 5.41) is 12.9. The van der Waals surface area contributed by atoms with Gasteiger partial charge >= 0.3 is 0 Å². The molecule has 0 saturated carbocycles. The van der Waals surface area contributed by atoms with Crippen molar-refractivity contribution < 1.29 is 14.6 Å². The van der Waals surface area contributed by atoms with Crippen LogP contribution in [0.15, 0.2) is 0 Å². The number of unbranched alkanes of at least 4 members (excludes halogenated alkanes) is 3. The van der Waals surface area contributed by atoms with Gasteiger partial charge in [0.25, 0.3) is 0 Å². The zero-order chi connectivity index (χ0) is 13.6. The molecule has 0 amide bonds. The first kappa shape index (κ1) is 17.8. The van der Waals surface area contributed by atoms with Crippen molar-refractivity contribution in [2.24, 2.45) is 0 Å². The summed E-state index contributed by atoms with van der Waals surface area (Å²) in [6.45, 7) is 9.31. The lowest BCUT2D eigenvalue weighted by molar-refractivity contribution is -0.00992. The molecule has 0 fully saturated rings. The Morgan fingerprint density at radius 2 is 1.89 bits per heavy atom. The topological polar surface area (TPSA) is 50.7 Å². The van der Waals surface area contributed by atoms with Crippen LogP contribution in [0.4, 0.5) is 0 Å². The molecule has 0 aliphatic carbocycles. The molecule has 4 nitrogen and oxygen atoms in total. The predicted octanol–water partition coefficient (Wildman–Crippen LogP) is 1.96. The molecule has 0 saturated heterocycles. The molecule has 0 spiro atoms. The number of aliphatic hydroxyl groups excluding tert-OH is 1. The Labute approximate surface area is 112 Å². The molecule has 0 heterocycles. The van der Waals surface area contributed by atoms with Crippen LogP contribution in [0.5, 0.6) is 0 Å². The van der Waals surface area contributed by atoms with Crippen molar-refractivity contribution in [3.05, 3.63) is 0 Å². The first-order valence-corrected chi connectivity index (χ1v) is 7.25. The fourth-order valence-electron chi connectivity index (χ4n) is 1.57. The van der Waals surface area contributed by atoms with Gasteiger partial charge in [-0.3, -0.25) is 0 Å². The number of nitrogens with one attached hydrogen (secondary N) is 1. The highest BCUT2D eigenvalue weighted by atomic mass is 16.5. The van der Waals surface area contributed by atoms with Crippen LogP contribution >= 0.6 is 0 Å². The van der Waals surface area contributed by atoms with Crippen molar-refractivity contribution in [1.82, 2.24) is 5.32 Å². The van der Waals surface area contributed by atoms with Gasteiger partial charge in [0.1, 0.15) is 0 Å². The fourth-order valence-corrected chi connectivity index (χ4v) is 1.57. The Hall–Kier alpha value is -0.160. The number of rotatable bonds is 13. The first-order chi connectivity index (χ1) is 8.66. The molecule has 2 N–H and O–H groups in total. The molecule has 18 heavy (non-hydrogen) atoms. The lowest BCUT2D eigenvalue weighted by atomic mass is 10.2. The van der Waals surface area contributed by atoms with Gasteiger partial charge in [0.15, 0.2) is 0 Å². The fraction of sp³-hybridized carbons (Fsp3) is 1.00. The highest BCUT2D eigenvalue weighted by molar-refractivity contribution is 4.58. The van der Waals surface area contributed by atoms with E-state index in [1.807, 2.05) is 13.8 Å². The maximum Gasteiger partial charge on any atom is 0.0897 e. The third-order valence-corrected chi connectivity index (χ3v) is 2.58. The summed E-state index contributed by atoms with van der Waals surface area (Å²) in [5.41, 5.74) is 0. The van der Waals surface area contributed by atoms with Gasteiger partial charge in [0.2, 0.25) is 0 Å². The summed E-state index contributed by atoms with van der Waals surface area (Å²) in [6, 6.07) is 0. The highest BCUT2D eigenvalue weighted by Gasteiger charge is 2.03. The summed E-state index contributed by atoms with van der Waals surface area (Å²) in [6.07, 6.45) is 4.82. The highest BCUT2D eigenvalue weighted by Crippen LogP contribution is 1.97. The molecular weight excluding hydrogens is 230 g/mol. The van der Waals surface area contributed by atoms with Crippen LogP contribution in [0.2, 0.25) is 0 Å². The molecule has 0 aromatic carbocycles. The number of hydrogen-bond donors (Lipinski definition) is 2. The van der Waals surface area contributed by atoms with Crippen molar-refractivity contribution in [2.45, 2.75) is 58.7 Å². The van der Waals surface area contributed by atoms with Crippen LogP contribution in [0.3, 0.4) is 0 Å². The van der Waals surface area contributed by atoms with Gasteiger partial charge in [0, 0.05) is 6.54 Å². The molecule has 0 aliphatic rings. The van der Waals surface area contributed by atoms with Gasteiger partial charge in [-0.15, -0.1) is 0 Å². The van der Waals surface area contributed by atoms with Crippen molar-refractivity contribution in [1.29, 1.82) is 0 Å². The second kappa shape index (κ2) is 13.3. The van der Waals surface area contributed by atoms with E-state index in [4.69, 9.17) is 9.47 Å². The molecule has 0 unspecified atom stereocenters. The summed E-state index contributed by atoms with van der Waals surface area (Å²) < 4.78 is 10.7. The van der Waals surface area contributed by atoms with Crippen molar-refractivity contribution in [3.8, 4) is 0 Å². The maximum atomic E-state index is 9.63. The summed E-state index contributed by atoms with van der Waals surface area (Å²) in [5.74, 6) is 0. The molecule has 0 rings (SSSR count). The minimum atomic E-state index is -0.421. The molecule has 0 aromatic rings. The van der Waals surface area contributed by atoms with Crippen LogP contribution < -0.4 is 5.32 Å². The molecule has 110 valence electrons. The Morgan fingerprint density at radius 1 is 1.11 bits per heavy atom. The second-order valence-electron chi connectivity index (χ2n) is 4.91. The van der Waals surface area contributed by atoms with E-state index in [0.29, 0.717) is 26.4 Å². The predicted molar refractivity (Wildman–Crippen MR) is 74.9 cm³/mol. The standard InChI is InChI=1S/C14H31NO3/c1-4-5-6-7-8-15-11-14(16)12-17-9-10-18-13(2)3/h13-16H,4-12H2,1-3H3/t14-/m1/s1. The molecule has 0 aromatic heterocycles. The average molecular weight is 261 g/mol.